The highest BCUT2D eigenvalue weighted by Gasteiger charge is 2.16. The van der Waals surface area contributed by atoms with E-state index in [-0.39, 0.29) is 0 Å². The van der Waals surface area contributed by atoms with Crippen LogP contribution in [0.4, 0.5) is 0 Å². The van der Waals surface area contributed by atoms with Gasteiger partial charge in [0.2, 0.25) is 0 Å². The second-order valence-electron chi connectivity index (χ2n) is 4.42. The molecule has 1 aromatic carbocycles. The molecule has 2 heterocycles. The molecule has 0 spiro atoms. The minimum absolute atomic E-state index is 0.823. The van der Waals surface area contributed by atoms with Crippen molar-refractivity contribution in [2.45, 2.75) is 12.8 Å². The van der Waals surface area contributed by atoms with Gasteiger partial charge in [-0.3, -0.25) is 0 Å². The number of hydrogen-bond donors (Lipinski definition) is 2. The molecule has 78 valence electrons. The number of hydrogen-bond acceptors (Lipinski definition) is 1. The third kappa shape index (κ3) is 1.65. The van der Waals surface area contributed by atoms with Crippen molar-refractivity contribution in [2.24, 2.45) is 5.92 Å². The van der Waals surface area contributed by atoms with Gasteiger partial charge in [0, 0.05) is 17.1 Å². The van der Waals surface area contributed by atoms with Crippen LogP contribution in [0.25, 0.3) is 10.9 Å². The van der Waals surface area contributed by atoms with Gasteiger partial charge in [0.15, 0.2) is 0 Å². The number of fused-ring (bicyclic) bond motifs is 1. The summed E-state index contributed by atoms with van der Waals surface area (Å²) in [6, 6.07) is 8.56. The van der Waals surface area contributed by atoms with Gasteiger partial charge in [-0.1, -0.05) is 18.2 Å². The molecule has 2 nitrogen and oxygen atoms in total. The van der Waals surface area contributed by atoms with Crippen molar-refractivity contribution in [3.63, 3.8) is 0 Å². The van der Waals surface area contributed by atoms with Crippen molar-refractivity contribution < 1.29 is 0 Å². The first-order chi connectivity index (χ1) is 7.43. The molecule has 0 aliphatic carbocycles. The summed E-state index contributed by atoms with van der Waals surface area (Å²) in [4.78, 5) is 3.34. The Hall–Kier alpha value is -1.28. The molecule has 1 aliphatic rings. The predicted molar refractivity (Wildman–Crippen MR) is 63.0 cm³/mol. The van der Waals surface area contributed by atoms with Gasteiger partial charge in [-0.2, -0.15) is 0 Å². The Kier molecular flexibility index (Phi) is 2.22. The monoisotopic (exact) mass is 200 g/mol. The fourth-order valence-electron chi connectivity index (χ4n) is 2.50. The van der Waals surface area contributed by atoms with Crippen molar-refractivity contribution >= 4 is 10.9 Å². The number of H-pyrrole nitrogens is 1. The summed E-state index contributed by atoms with van der Waals surface area (Å²) in [6.45, 7) is 2.37. The summed E-state index contributed by atoms with van der Waals surface area (Å²) < 4.78 is 0. The fraction of sp³-hybridized carbons (Fsp3) is 0.385. The van der Waals surface area contributed by atoms with Crippen LogP contribution in [0.15, 0.2) is 30.5 Å². The van der Waals surface area contributed by atoms with Crippen molar-refractivity contribution in [3.8, 4) is 0 Å². The lowest BCUT2D eigenvalue weighted by Gasteiger charge is -2.06. The Morgan fingerprint density at radius 2 is 2.20 bits per heavy atom. The Labute approximate surface area is 89.7 Å². The molecule has 15 heavy (non-hydrogen) atoms. The Bertz CT molecular complexity index is 452. The van der Waals surface area contributed by atoms with Gasteiger partial charge in [0.25, 0.3) is 0 Å². The summed E-state index contributed by atoms with van der Waals surface area (Å²) in [5.74, 6) is 0.823. The zero-order valence-corrected chi connectivity index (χ0v) is 8.79. The number of aromatic amines is 1. The number of nitrogens with one attached hydrogen (secondary N) is 2. The number of rotatable bonds is 2. The van der Waals surface area contributed by atoms with E-state index in [4.69, 9.17) is 0 Å². The lowest BCUT2D eigenvalue weighted by molar-refractivity contribution is 0.582. The van der Waals surface area contributed by atoms with Gasteiger partial charge in [-0.15, -0.1) is 0 Å². The van der Waals surface area contributed by atoms with Crippen molar-refractivity contribution in [3.05, 3.63) is 36.0 Å². The Morgan fingerprint density at radius 1 is 1.27 bits per heavy atom. The lowest BCUT2D eigenvalue weighted by Crippen LogP contribution is -2.10. The molecule has 1 atom stereocenters. The van der Waals surface area contributed by atoms with E-state index in [1.54, 1.807) is 0 Å². The van der Waals surface area contributed by atoms with Gasteiger partial charge in [0.05, 0.1) is 0 Å². The summed E-state index contributed by atoms with van der Waals surface area (Å²) >= 11 is 0. The fourth-order valence-corrected chi connectivity index (χ4v) is 2.50. The first-order valence-corrected chi connectivity index (χ1v) is 5.69. The summed E-state index contributed by atoms with van der Waals surface area (Å²) in [5, 5.41) is 4.82. The maximum absolute atomic E-state index is 3.42. The maximum Gasteiger partial charge on any atom is 0.0456 e. The van der Waals surface area contributed by atoms with E-state index in [9.17, 15) is 0 Å². The highest BCUT2D eigenvalue weighted by Crippen LogP contribution is 2.22. The lowest BCUT2D eigenvalue weighted by atomic mass is 9.98. The standard InChI is InChI=1S/C13H16N2/c1-2-4-13-12(3-1)11(9-15-13)7-10-5-6-14-8-10/h1-4,9-10,14-15H,5-8H2. The third-order valence-electron chi connectivity index (χ3n) is 3.35. The number of para-hydroxylation sites is 1. The normalized spacial score (nSPS) is 21.2. The smallest absolute Gasteiger partial charge is 0.0456 e. The maximum atomic E-state index is 3.42. The van der Waals surface area contributed by atoms with Gasteiger partial charge in [-0.25, -0.2) is 0 Å². The molecule has 2 heteroatoms. The summed E-state index contributed by atoms with van der Waals surface area (Å²) in [5.41, 5.74) is 2.73. The average Bonchev–Trinajstić information content (AvgIpc) is 2.89. The van der Waals surface area contributed by atoms with E-state index in [0.29, 0.717) is 0 Å². The molecule has 1 unspecified atom stereocenters. The largest absolute Gasteiger partial charge is 0.361 e. The minimum atomic E-state index is 0.823. The predicted octanol–water partition coefficient (Wildman–Crippen LogP) is 2.32. The summed E-state index contributed by atoms with van der Waals surface area (Å²) in [7, 11) is 0. The zero-order valence-electron chi connectivity index (χ0n) is 8.79. The molecule has 1 aliphatic heterocycles. The van der Waals surface area contributed by atoms with E-state index in [0.717, 1.165) is 5.92 Å². The molecule has 0 amide bonds. The van der Waals surface area contributed by atoms with Crippen LogP contribution in [0.1, 0.15) is 12.0 Å². The van der Waals surface area contributed by atoms with Gasteiger partial charge in [0.1, 0.15) is 0 Å². The van der Waals surface area contributed by atoms with Crippen LogP contribution < -0.4 is 5.32 Å². The molecule has 2 aromatic rings. The van der Waals surface area contributed by atoms with Gasteiger partial charge in [-0.05, 0) is 43.5 Å². The third-order valence-corrected chi connectivity index (χ3v) is 3.35. The van der Waals surface area contributed by atoms with Crippen LogP contribution in [-0.2, 0) is 6.42 Å². The second-order valence-corrected chi connectivity index (χ2v) is 4.42. The molecule has 0 radical (unpaired) electrons. The van der Waals surface area contributed by atoms with E-state index in [1.807, 2.05) is 0 Å². The minimum Gasteiger partial charge on any atom is -0.361 e. The van der Waals surface area contributed by atoms with Crippen LogP contribution in [0.5, 0.6) is 0 Å². The van der Waals surface area contributed by atoms with E-state index >= 15 is 0 Å². The van der Waals surface area contributed by atoms with Crippen molar-refractivity contribution in [1.82, 2.24) is 10.3 Å². The topological polar surface area (TPSA) is 27.8 Å². The Balaban J connectivity index is 1.90. The van der Waals surface area contributed by atoms with Crippen molar-refractivity contribution in [1.29, 1.82) is 0 Å². The highest BCUT2D eigenvalue weighted by molar-refractivity contribution is 5.83. The van der Waals surface area contributed by atoms with Gasteiger partial charge >= 0.3 is 0 Å². The molecule has 0 saturated carbocycles. The Morgan fingerprint density at radius 3 is 3.07 bits per heavy atom. The average molecular weight is 200 g/mol. The highest BCUT2D eigenvalue weighted by atomic mass is 14.9. The first-order valence-electron chi connectivity index (χ1n) is 5.69. The van der Waals surface area contributed by atoms with E-state index < -0.39 is 0 Å². The van der Waals surface area contributed by atoms with Crippen LogP contribution in [0.2, 0.25) is 0 Å². The van der Waals surface area contributed by atoms with Crippen molar-refractivity contribution in [2.75, 3.05) is 13.1 Å². The van der Waals surface area contributed by atoms with Gasteiger partial charge < -0.3 is 10.3 Å². The zero-order chi connectivity index (χ0) is 10.1. The number of aromatic nitrogens is 1. The number of benzene rings is 1. The van der Waals surface area contributed by atoms with E-state index in [1.165, 1.54) is 42.4 Å². The molecular weight excluding hydrogens is 184 g/mol. The molecule has 3 rings (SSSR count). The van der Waals surface area contributed by atoms with Crippen LogP contribution in [-0.4, -0.2) is 18.1 Å². The first kappa shape index (κ1) is 8.98. The molecule has 1 aromatic heterocycles. The quantitative estimate of drug-likeness (QED) is 0.765. The molecular formula is C13H16N2. The molecule has 1 saturated heterocycles. The van der Waals surface area contributed by atoms with Crippen LogP contribution in [0.3, 0.4) is 0 Å². The SMILES string of the molecule is c1ccc2c(CC3CCNC3)c[nH]c2c1. The van der Waals surface area contributed by atoms with E-state index in [2.05, 4.69) is 40.8 Å². The molecule has 0 bridgehead atoms. The second kappa shape index (κ2) is 3.70. The molecule has 2 N–H and O–H groups in total. The molecule has 1 fully saturated rings. The van der Waals surface area contributed by atoms with Crippen LogP contribution in [0, 0.1) is 5.92 Å². The summed E-state index contributed by atoms with van der Waals surface area (Å²) in [6.07, 6.45) is 4.69. The van der Waals surface area contributed by atoms with Crippen LogP contribution >= 0.6 is 0 Å².